The van der Waals surface area contributed by atoms with Gasteiger partial charge in [0.25, 0.3) is 5.91 Å². The van der Waals surface area contributed by atoms with Crippen molar-refractivity contribution < 1.29 is 4.79 Å². The van der Waals surface area contributed by atoms with Crippen molar-refractivity contribution in [2.45, 2.75) is 0 Å². The lowest BCUT2D eigenvalue weighted by molar-refractivity contribution is 0.0987. The third kappa shape index (κ3) is 2.64. The Morgan fingerprint density at radius 2 is 1.94 bits per heavy atom. The number of anilines is 1. The van der Waals surface area contributed by atoms with Crippen molar-refractivity contribution in [3.05, 3.63) is 56.9 Å². The lowest BCUT2D eigenvalue weighted by Gasteiger charge is -2.17. The first kappa shape index (κ1) is 13.3. The molecule has 2 rings (SSSR count). The van der Waals surface area contributed by atoms with Crippen molar-refractivity contribution in [3.63, 3.8) is 0 Å². The van der Waals surface area contributed by atoms with Crippen LogP contribution in [-0.4, -0.2) is 17.9 Å². The summed E-state index contributed by atoms with van der Waals surface area (Å²) in [6.07, 6.45) is 1.54. The Labute approximate surface area is 124 Å². The summed E-state index contributed by atoms with van der Waals surface area (Å²) < 4.78 is 0.671. The smallest absolute Gasteiger partial charge is 0.277 e. The first-order valence-electron chi connectivity index (χ1n) is 5.24. The van der Waals surface area contributed by atoms with Gasteiger partial charge in [0.1, 0.15) is 5.69 Å². The first-order chi connectivity index (χ1) is 8.61. The van der Waals surface area contributed by atoms with Crippen molar-refractivity contribution in [1.82, 2.24) is 4.98 Å². The molecule has 1 aromatic carbocycles. The number of halogens is 2. The molecule has 0 radical (unpaired) electrons. The number of rotatable bonds is 2. The normalized spacial score (nSPS) is 10.2. The molecule has 1 amide bonds. The van der Waals surface area contributed by atoms with Gasteiger partial charge >= 0.3 is 0 Å². The van der Waals surface area contributed by atoms with E-state index in [0.717, 1.165) is 5.69 Å². The van der Waals surface area contributed by atoms with Crippen LogP contribution in [0.2, 0.25) is 5.02 Å². The summed E-state index contributed by atoms with van der Waals surface area (Å²) >= 11 is 8.02. The van der Waals surface area contributed by atoms with Crippen LogP contribution in [0.3, 0.4) is 0 Å². The molecule has 18 heavy (non-hydrogen) atoms. The van der Waals surface area contributed by atoms with Crippen LogP contribution < -0.4 is 4.90 Å². The summed E-state index contributed by atoms with van der Waals surface area (Å²) in [5, 5.41) is 0.537. The van der Waals surface area contributed by atoms with Crippen LogP contribution in [0.15, 0.2) is 42.6 Å². The SMILES string of the molecule is CN(C(=O)c1nccc(Cl)c1I)c1ccccc1. The Balaban J connectivity index is 2.35. The fourth-order valence-corrected chi connectivity index (χ4v) is 2.19. The number of para-hydroxylation sites is 1. The van der Waals surface area contributed by atoms with Crippen molar-refractivity contribution in [2.24, 2.45) is 0 Å². The molecule has 0 aliphatic carbocycles. The molecule has 0 fully saturated rings. The van der Waals surface area contributed by atoms with Gasteiger partial charge in [-0.2, -0.15) is 0 Å². The van der Waals surface area contributed by atoms with E-state index in [1.165, 1.54) is 6.20 Å². The number of nitrogens with zero attached hydrogens (tertiary/aromatic N) is 2. The highest BCUT2D eigenvalue weighted by molar-refractivity contribution is 14.1. The average molecular weight is 373 g/mol. The van der Waals surface area contributed by atoms with Gasteiger partial charge in [-0.3, -0.25) is 4.79 Å². The summed E-state index contributed by atoms with van der Waals surface area (Å²) in [4.78, 5) is 18.0. The lowest BCUT2D eigenvalue weighted by atomic mass is 10.2. The van der Waals surface area contributed by atoms with Crippen LogP contribution in [0.1, 0.15) is 10.5 Å². The fraction of sp³-hybridized carbons (Fsp3) is 0.0769. The zero-order chi connectivity index (χ0) is 13.1. The molecule has 0 saturated carbocycles. The zero-order valence-corrected chi connectivity index (χ0v) is 12.5. The second kappa shape index (κ2) is 5.67. The van der Waals surface area contributed by atoms with E-state index in [0.29, 0.717) is 14.3 Å². The van der Waals surface area contributed by atoms with Crippen molar-refractivity contribution in [3.8, 4) is 0 Å². The Morgan fingerprint density at radius 1 is 1.28 bits per heavy atom. The van der Waals surface area contributed by atoms with Crippen molar-refractivity contribution >= 4 is 45.8 Å². The van der Waals surface area contributed by atoms with E-state index in [2.05, 4.69) is 4.98 Å². The van der Waals surface area contributed by atoms with Crippen molar-refractivity contribution in [1.29, 1.82) is 0 Å². The summed E-state index contributed by atoms with van der Waals surface area (Å²) in [6.45, 7) is 0. The predicted octanol–water partition coefficient (Wildman–Crippen LogP) is 3.62. The molecule has 1 aromatic heterocycles. The van der Waals surface area contributed by atoms with Gasteiger partial charge in [0.2, 0.25) is 0 Å². The highest BCUT2D eigenvalue weighted by Crippen LogP contribution is 2.22. The Hall–Kier alpha value is -1.14. The largest absolute Gasteiger partial charge is 0.310 e. The van der Waals surface area contributed by atoms with Gasteiger partial charge < -0.3 is 4.90 Å². The minimum atomic E-state index is -0.173. The topological polar surface area (TPSA) is 33.2 Å². The number of benzene rings is 1. The number of hydrogen-bond donors (Lipinski definition) is 0. The van der Waals surface area contributed by atoms with E-state index in [-0.39, 0.29) is 5.91 Å². The standard InChI is InChI=1S/C13H10ClIN2O/c1-17(9-5-3-2-4-6-9)13(18)12-11(15)10(14)7-8-16-12/h2-8H,1H3. The summed E-state index contributed by atoms with van der Waals surface area (Å²) in [5.41, 5.74) is 1.19. The van der Waals surface area contributed by atoms with Crippen LogP contribution in [0.5, 0.6) is 0 Å². The minimum Gasteiger partial charge on any atom is -0.310 e. The number of pyridine rings is 1. The molecule has 0 aliphatic heterocycles. The van der Waals surface area contributed by atoms with E-state index in [1.54, 1.807) is 18.0 Å². The molecule has 5 heteroatoms. The fourth-order valence-electron chi connectivity index (χ4n) is 1.50. The predicted molar refractivity (Wildman–Crippen MR) is 81.1 cm³/mol. The van der Waals surface area contributed by atoms with Gasteiger partial charge in [-0.25, -0.2) is 4.98 Å². The molecule has 0 N–H and O–H groups in total. The second-order valence-corrected chi connectivity index (χ2v) is 5.14. The molecule has 0 saturated heterocycles. The molecular formula is C13H10ClIN2O. The van der Waals surface area contributed by atoms with Crippen LogP contribution in [0.4, 0.5) is 5.69 Å². The van der Waals surface area contributed by atoms with Gasteiger partial charge in [0.05, 0.1) is 8.59 Å². The quantitative estimate of drug-likeness (QED) is 0.755. The van der Waals surface area contributed by atoms with Gasteiger partial charge in [0, 0.05) is 18.9 Å². The molecule has 2 aromatic rings. The maximum atomic E-state index is 12.3. The van der Waals surface area contributed by atoms with Crippen LogP contribution >= 0.6 is 34.2 Å². The van der Waals surface area contributed by atoms with E-state index in [1.807, 2.05) is 52.9 Å². The number of amides is 1. The number of aromatic nitrogens is 1. The molecule has 92 valence electrons. The Kier molecular flexibility index (Phi) is 4.19. The van der Waals surface area contributed by atoms with Crippen LogP contribution in [-0.2, 0) is 0 Å². The summed E-state index contributed by atoms with van der Waals surface area (Å²) in [6, 6.07) is 11.1. The van der Waals surface area contributed by atoms with Gasteiger partial charge in [-0.1, -0.05) is 29.8 Å². The van der Waals surface area contributed by atoms with E-state index < -0.39 is 0 Å². The number of carbonyl (C=O) groups is 1. The van der Waals surface area contributed by atoms with E-state index >= 15 is 0 Å². The molecule has 0 unspecified atom stereocenters. The highest BCUT2D eigenvalue weighted by Gasteiger charge is 2.18. The van der Waals surface area contributed by atoms with E-state index in [9.17, 15) is 4.79 Å². The second-order valence-electron chi connectivity index (χ2n) is 3.66. The molecule has 1 heterocycles. The number of carbonyl (C=O) groups excluding carboxylic acids is 1. The molecule has 0 bridgehead atoms. The minimum absolute atomic E-state index is 0.173. The number of hydrogen-bond acceptors (Lipinski definition) is 2. The van der Waals surface area contributed by atoms with Crippen molar-refractivity contribution in [2.75, 3.05) is 11.9 Å². The summed E-state index contributed by atoms with van der Waals surface area (Å²) in [5.74, 6) is -0.173. The third-order valence-electron chi connectivity index (χ3n) is 2.49. The molecule has 0 spiro atoms. The van der Waals surface area contributed by atoms with E-state index in [4.69, 9.17) is 11.6 Å². The third-order valence-corrected chi connectivity index (χ3v) is 4.22. The Morgan fingerprint density at radius 3 is 2.61 bits per heavy atom. The average Bonchev–Trinajstić information content (AvgIpc) is 2.41. The van der Waals surface area contributed by atoms with Gasteiger partial charge in [0.15, 0.2) is 0 Å². The van der Waals surface area contributed by atoms with Gasteiger partial charge in [-0.15, -0.1) is 0 Å². The lowest BCUT2D eigenvalue weighted by Crippen LogP contribution is -2.27. The maximum Gasteiger partial charge on any atom is 0.277 e. The van der Waals surface area contributed by atoms with Crippen LogP contribution in [0.25, 0.3) is 0 Å². The molecule has 3 nitrogen and oxygen atoms in total. The molecule has 0 atom stereocenters. The summed E-state index contributed by atoms with van der Waals surface area (Å²) in [7, 11) is 1.72. The Bertz CT molecular complexity index is 574. The maximum absolute atomic E-state index is 12.3. The molecule has 0 aliphatic rings. The van der Waals surface area contributed by atoms with Gasteiger partial charge in [-0.05, 0) is 40.8 Å². The monoisotopic (exact) mass is 372 g/mol. The van der Waals surface area contributed by atoms with Crippen LogP contribution in [0, 0.1) is 3.57 Å². The first-order valence-corrected chi connectivity index (χ1v) is 6.70. The molecular weight excluding hydrogens is 363 g/mol. The highest BCUT2D eigenvalue weighted by atomic mass is 127. The zero-order valence-electron chi connectivity index (χ0n) is 9.60.